The molecule has 0 saturated heterocycles. The van der Waals surface area contributed by atoms with Crippen molar-refractivity contribution in [2.75, 3.05) is 19.8 Å². The summed E-state index contributed by atoms with van der Waals surface area (Å²) in [4.78, 5) is 0.185. The van der Waals surface area contributed by atoms with Crippen LogP contribution in [0.15, 0.2) is 23.1 Å². The first-order valence-electron chi connectivity index (χ1n) is 6.85. The van der Waals surface area contributed by atoms with E-state index in [9.17, 15) is 8.42 Å². The van der Waals surface area contributed by atoms with Crippen LogP contribution in [-0.2, 0) is 10.0 Å². The van der Waals surface area contributed by atoms with Gasteiger partial charge in [0, 0.05) is 6.54 Å². The summed E-state index contributed by atoms with van der Waals surface area (Å²) in [6, 6.07) is 4.77. The Kier molecular flexibility index (Phi) is 6.98. The lowest BCUT2D eigenvalue weighted by Gasteiger charge is -2.11. The number of sulfonamides is 1. The number of aryl methyl sites for hydroxylation is 1. The molecule has 0 aliphatic rings. The van der Waals surface area contributed by atoms with Gasteiger partial charge in [0.15, 0.2) is 0 Å². The molecule has 0 spiro atoms. The second-order valence-electron chi connectivity index (χ2n) is 4.60. The summed E-state index contributed by atoms with van der Waals surface area (Å²) in [6.07, 6.45) is 3.25. The van der Waals surface area contributed by atoms with E-state index in [2.05, 4.69) is 11.6 Å². The van der Waals surface area contributed by atoms with Crippen molar-refractivity contribution in [1.82, 2.24) is 4.72 Å². The lowest BCUT2D eigenvalue weighted by molar-refractivity contribution is 0.301. The lowest BCUT2D eigenvalue weighted by Crippen LogP contribution is -2.26. The maximum absolute atomic E-state index is 11.9. The van der Waals surface area contributed by atoms with Crippen molar-refractivity contribution in [2.45, 2.75) is 38.0 Å². The number of unbranched alkanes of at least 4 members (excludes halogenated alkanes) is 2. The molecule has 0 saturated carbocycles. The fourth-order valence-electron chi connectivity index (χ4n) is 1.75. The summed E-state index contributed by atoms with van der Waals surface area (Å²) in [5.41, 5.74) is 0.786. The summed E-state index contributed by atoms with van der Waals surface area (Å²) in [5.74, 6) is 0.710. The van der Waals surface area contributed by atoms with Gasteiger partial charge >= 0.3 is 0 Å². The fraction of sp³-hybridized carbons (Fsp3) is 0.571. The number of hydrogen-bond donors (Lipinski definition) is 2. The van der Waals surface area contributed by atoms with Crippen molar-refractivity contribution < 1.29 is 18.3 Å². The summed E-state index contributed by atoms with van der Waals surface area (Å²) in [7, 11) is -3.56. The average Bonchev–Trinajstić information content (AvgIpc) is 2.42. The maximum Gasteiger partial charge on any atom is 0.240 e. The van der Waals surface area contributed by atoms with Crippen molar-refractivity contribution in [3.05, 3.63) is 23.8 Å². The summed E-state index contributed by atoms with van der Waals surface area (Å²) in [5, 5.41) is 8.67. The molecule has 0 atom stereocenters. The Morgan fingerprint density at radius 1 is 1.30 bits per heavy atom. The van der Waals surface area contributed by atoms with Crippen LogP contribution in [0.5, 0.6) is 5.75 Å². The largest absolute Gasteiger partial charge is 0.493 e. The first-order valence-corrected chi connectivity index (χ1v) is 8.33. The van der Waals surface area contributed by atoms with E-state index in [1.54, 1.807) is 12.1 Å². The first-order chi connectivity index (χ1) is 9.51. The molecule has 5 nitrogen and oxygen atoms in total. The number of aliphatic hydroxyl groups is 1. The Hall–Kier alpha value is -1.11. The normalized spacial score (nSPS) is 11.6. The van der Waals surface area contributed by atoms with Crippen molar-refractivity contribution in [1.29, 1.82) is 0 Å². The third-order valence-corrected chi connectivity index (χ3v) is 4.32. The van der Waals surface area contributed by atoms with Gasteiger partial charge in [-0.25, -0.2) is 13.1 Å². The number of ether oxygens (including phenoxy) is 1. The highest BCUT2D eigenvalue weighted by atomic mass is 32.2. The zero-order valence-electron chi connectivity index (χ0n) is 12.1. The topological polar surface area (TPSA) is 75.6 Å². The molecule has 0 heterocycles. The summed E-state index contributed by atoms with van der Waals surface area (Å²) in [6.45, 7) is 4.38. The number of aliphatic hydroxyl groups excluding tert-OH is 1. The van der Waals surface area contributed by atoms with Crippen LogP contribution in [0.1, 0.15) is 31.7 Å². The molecule has 1 rings (SSSR count). The van der Waals surface area contributed by atoms with E-state index < -0.39 is 10.0 Å². The van der Waals surface area contributed by atoms with E-state index in [4.69, 9.17) is 9.84 Å². The van der Waals surface area contributed by atoms with E-state index in [0.717, 1.165) is 24.8 Å². The zero-order chi connectivity index (χ0) is 15.0. The molecular weight excluding hydrogens is 278 g/mol. The maximum atomic E-state index is 11.9. The molecule has 0 aliphatic carbocycles. The van der Waals surface area contributed by atoms with Gasteiger partial charge in [-0.1, -0.05) is 19.8 Å². The predicted octanol–water partition coefficient (Wildman–Crippen LogP) is 1.83. The second-order valence-corrected chi connectivity index (χ2v) is 6.37. The zero-order valence-corrected chi connectivity index (χ0v) is 12.9. The molecule has 1 aromatic rings. The standard InChI is InChI=1S/C14H23NO4S/c1-3-4-5-10-19-14-7-6-13(11-12(14)2)20(17,18)15-8-9-16/h6-7,11,15-16H,3-5,8-10H2,1-2H3. The molecule has 0 radical (unpaired) electrons. The van der Waals surface area contributed by atoms with E-state index >= 15 is 0 Å². The second kappa shape index (κ2) is 8.24. The Labute approximate surface area is 121 Å². The first kappa shape index (κ1) is 16.9. The summed E-state index contributed by atoms with van der Waals surface area (Å²) >= 11 is 0. The molecule has 6 heteroatoms. The SMILES string of the molecule is CCCCCOc1ccc(S(=O)(=O)NCCO)cc1C. The monoisotopic (exact) mass is 301 g/mol. The van der Waals surface area contributed by atoms with Crippen LogP contribution >= 0.6 is 0 Å². The quantitative estimate of drug-likeness (QED) is 0.682. The Morgan fingerprint density at radius 3 is 2.65 bits per heavy atom. The van der Waals surface area contributed by atoms with E-state index in [1.807, 2.05) is 6.92 Å². The number of hydrogen-bond acceptors (Lipinski definition) is 4. The van der Waals surface area contributed by atoms with Gasteiger partial charge in [-0.15, -0.1) is 0 Å². The highest BCUT2D eigenvalue weighted by Crippen LogP contribution is 2.22. The minimum atomic E-state index is -3.56. The molecule has 0 unspecified atom stereocenters. The Balaban J connectivity index is 2.72. The van der Waals surface area contributed by atoms with Crippen molar-refractivity contribution in [3.63, 3.8) is 0 Å². The highest BCUT2D eigenvalue weighted by Gasteiger charge is 2.14. The van der Waals surface area contributed by atoms with Gasteiger partial charge in [0.25, 0.3) is 0 Å². The van der Waals surface area contributed by atoms with Gasteiger partial charge < -0.3 is 9.84 Å². The van der Waals surface area contributed by atoms with Gasteiger partial charge in [0.2, 0.25) is 10.0 Å². The van der Waals surface area contributed by atoms with Gasteiger partial charge in [-0.2, -0.15) is 0 Å². The van der Waals surface area contributed by atoms with Crippen LogP contribution in [0.3, 0.4) is 0 Å². The molecule has 114 valence electrons. The van der Waals surface area contributed by atoms with Crippen molar-refractivity contribution in [2.24, 2.45) is 0 Å². The predicted molar refractivity (Wildman–Crippen MR) is 78.5 cm³/mol. The van der Waals surface area contributed by atoms with Crippen molar-refractivity contribution >= 4 is 10.0 Å². The third-order valence-electron chi connectivity index (χ3n) is 2.87. The molecule has 0 fully saturated rings. The molecule has 2 N–H and O–H groups in total. The average molecular weight is 301 g/mol. The smallest absolute Gasteiger partial charge is 0.240 e. The minimum Gasteiger partial charge on any atom is -0.493 e. The molecule has 0 aromatic heterocycles. The van der Waals surface area contributed by atoms with E-state index in [0.29, 0.717) is 12.4 Å². The van der Waals surface area contributed by atoms with Crippen LogP contribution in [0.25, 0.3) is 0 Å². The van der Waals surface area contributed by atoms with Gasteiger partial charge in [-0.05, 0) is 37.1 Å². The molecular formula is C14H23NO4S. The Bertz CT molecular complexity index is 514. The number of rotatable bonds is 9. The third kappa shape index (κ3) is 5.11. The van der Waals surface area contributed by atoms with Crippen LogP contribution in [0.4, 0.5) is 0 Å². The van der Waals surface area contributed by atoms with Gasteiger partial charge in [0.1, 0.15) is 5.75 Å². The van der Waals surface area contributed by atoms with Crippen LogP contribution in [0, 0.1) is 6.92 Å². The van der Waals surface area contributed by atoms with E-state index in [1.165, 1.54) is 6.07 Å². The number of nitrogens with one attached hydrogen (secondary N) is 1. The van der Waals surface area contributed by atoms with Crippen molar-refractivity contribution in [3.8, 4) is 5.75 Å². The van der Waals surface area contributed by atoms with Crippen LogP contribution in [0.2, 0.25) is 0 Å². The van der Waals surface area contributed by atoms with E-state index in [-0.39, 0.29) is 18.0 Å². The number of benzene rings is 1. The highest BCUT2D eigenvalue weighted by molar-refractivity contribution is 7.89. The summed E-state index contributed by atoms with van der Waals surface area (Å²) < 4.78 is 31.7. The Morgan fingerprint density at radius 2 is 2.05 bits per heavy atom. The minimum absolute atomic E-state index is 0.0106. The molecule has 0 bridgehead atoms. The molecule has 0 aliphatic heterocycles. The van der Waals surface area contributed by atoms with Crippen LogP contribution < -0.4 is 9.46 Å². The van der Waals surface area contributed by atoms with Crippen LogP contribution in [-0.4, -0.2) is 33.3 Å². The fourth-order valence-corrected chi connectivity index (χ4v) is 2.85. The molecule has 1 aromatic carbocycles. The molecule has 20 heavy (non-hydrogen) atoms. The van der Waals surface area contributed by atoms with Gasteiger partial charge in [-0.3, -0.25) is 0 Å². The molecule has 0 amide bonds. The van der Waals surface area contributed by atoms with Gasteiger partial charge in [0.05, 0.1) is 18.1 Å². The lowest BCUT2D eigenvalue weighted by atomic mass is 10.2.